The Kier molecular flexibility index (Phi) is 5.02. The van der Waals surface area contributed by atoms with Gasteiger partial charge in [-0.1, -0.05) is 22.0 Å². The van der Waals surface area contributed by atoms with Crippen LogP contribution in [0, 0.1) is 0 Å². The van der Waals surface area contributed by atoms with Gasteiger partial charge in [-0.3, -0.25) is 0 Å². The van der Waals surface area contributed by atoms with Crippen LogP contribution >= 0.6 is 15.9 Å². The molecule has 108 valence electrons. The highest BCUT2D eigenvalue weighted by molar-refractivity contribution is 9.10. The molecule has 0 aliphatic heterocycles. The molecule has 1 unspecified atom stereocenters. The molecule has 1 atom stereocenters. The van der Waals surface area contributed by atoms with Crippen LogP contribution in [0.25, 0.3) is 0 Å². The molecule has 1 N–H and O–H groups in total. The summed E-state index contributed by atoms with van der Waals surface area (Å²) in [5.74, 6) is -0.373. The van der Waals surface area contributed by atoms with E-state index in [0.717, 1.165) is 18.4 Å². The fourth-order valence-corrected chi connectivity index (χ4v) is 2.56. The zero-order chi connectivity index (χ0) is 14.8. The molecule has 3 nitrogen and oxygen atoms in total. The molecule has 8 heteroatoms. The van der Waals surface area contributed by atoms with E-state index in [0.29, 0.717) is 0 Å². The quantitative estimate of drug-likeness (QED) is 0.897. The van der Waals surface area contributed by atoms with Crippen molar-refractivity contribution in [1.82, 2.24) is 0 Å². The van der Waals surface area contributed by atoms with Crippen molar-refractivity contribution < 1.29 is 26.7 Å². The summed E-state index contributed by atoms with van der Waals surface area (Å²) in [6.45, 7) is 0. The number of hydrogen-bond acceptors (Lipinski definition) is 3. The number of halogens is 4. The summed E-state index contributed by atoms with van der Waals surface area (Å²) in [4.78, 5) is 0. The van der Waals surface area contributed by atoms with Crippen LogP contribution in [-0.2, 0) is 16.0 Å². The smallest absolute Gasteiger partial charge is 0.388 e. The van der Waals surface area contributed by atoms with E-state index in [2.05, 4.69) is 15.9 Å². The van der Waals surface area contributed by atoms with Gasteiger partial charge in [0.25, 0.3) is 0 Å². The first-order chi connectivity index (χ1) is 8.50. The lowest BCUT2D eigenvalue weighted by atomic mass is 10.0. The van der Waals surface area contributed by atoms with Gasteiger partial charge < -0.3 is 5.11 Å². The van der Waals surface area contributed by atoms with Crippen molar-refractivity contribution in [3.8, 4) is 0 Å². The van der Waals surface area contributed by atoms with Gasteiger partial charge in [0.15, 0.2) is 0 Å². The highest BCUT2D eigenvalue weighted by Crippen LogP contribution is 2.37. The van der Waals surface area contributed by atoms with Gasteiger partial charge in [-0.05, 0) is 24.1 Å². The lowest BCUT2D eigenvalue weighted by molar-refractivity contribution is -0.139. The van der Waals surface area contributed by atoms with Crippen molar-refractivity contribution in [3.05, 3.63) is 33.8 Å². The number of alkyl halides is 3. The molecule has 0 bridgehead atoms. The summed E-state index contributed by atoms with van der Waals surface area (Å²) in [7, 11) is -3.33. The molecule has 0 saturated carbocycles. The Labute approximate surface area is 117 Å². The summed E-state index contributed by atoms with van der Waals surface area (Å²) in [6, 6.07) is 3.37. The largest absolute Gasteiger partial charge is 0.416 e. The van der Waals surface area contributed by atoms with Crippen molar-refractivity contribution in [2.24, 2.45) is 0 Å². The van der Waals surface area contributed by atoms with Crippen LogP contribution in [0.15, 0.2) is 22.7 Å². The molecule has 0 aliphatic carbocycles. The average Bonchev–Trinajstić information content (AvgIpc) is 2.23. The molecule has 0 saturated heterocycles. The zero-order valence-corrected chi connectivity index (χ0v) is 12.3. The van der Waals surface area contributed by atoms with Crippen molar-refractivity contribution >= 4 is 25.8 Å². The van der Waals surface area contributed by atoms with Crippen LogP contribution in [0.1, 0.15) is 23.7 Å². The monoisotopic (exact) mass is 360 g/mol. The molecule has 0 fully saturated rings. The van der Waals surface area contributed by atoms with Crippen LogP contribution in [0.4, 0.5) is 13.2 Å². The third kappa shape index (κ3) is 5.12. The van der Waals surface area contributed by atoms with Crippen LogP contribution in [-0.4, -0.2) is 25.5 Å². The van der Waals surface area contributed by atoms with Gasteiger partial charge in [0, 0.05) is 10.7 Å². The maximum Gasteiger partial charge on any atom is 0.416 e. The van der Waals surface area contributed by atoms with Crippen LogP contribution in [0.5, 0.6) is 0 Å². The lowest BCUT2D eigenvalue weighted by Gasteiger charge is -2.17. The number of aliphatic hydroxyl groups is 1. The third-order valence-corrected chi connectivity index (χ3v) is 3.91. The van der Waals surface area contributed by atoms with E-state index in [1.165, 1.54) is 6.07 Å². The van der Waals surface area contributed by atoms with Crippen LogP contribution in [0.3, 0.4) is 0 Å². The minimum atomic E-state index is -4.61. The second-order valence-electron chi connectivity index (χ2n) is 4.16. The van der Waals surface area contributed by atoms with Crippen molar-refractivity contribution in [3.63, 3.8) is 0 Å². The van der Waals surface area contributed by atoms with E-state index < -0.39 is 27.7 Å². The van der Waals surface area contributed by atoms with Gasteiger partial charge >= 0.3 is 6.18 Å². The third-order valence-electron chi connectivity index (χ3n) is 2.44. The zero-order valence-electron chi connectivity index (χ0n) is 9.91. The number of aliphatic hydroxyl groups excluding tert-OH is 1. The number of rotatable bonds is 4. The van der Waals surface area contributed by atoms with Crippen LogP contribution < -0.4 is 0 Å². The minimum absolute atomic E-state index is 0.235. The SMILES string of the molecule is CS(=O)(=O)CCC(O)c1ccc(Br)cc1C(F)(F)F. The second-order valence-corrected chi connectivity index (χ2v) is 7.34. The molecule has 1 rings (SSSR count). The molecule has 0 aromatic heterocycles. The fourth-order valence-electron chi connectivity index (χ4n) is 1.55. The Balaban J connectivity index is 3.06. The van der Waals surface area contributed by atoms with E-state index in [-0.39, 0.29) is 22.2 Å². The second kappa shape index (κ2) is 5.80. The van der Waals surface area contributed by atoms with E-state index >= 15 is 0 Å². The summed E-state index contributed by atoms with van der Waals surface area (Å²) in [6.07, 6.45) is -5.39. The maximum atomic E-state index is 12.8. The van der Waals surface area contributed by atoms with Crippen LogP contribution in [0.2, 0.25) is 0 Å². The molecule has 0 radical (unpaired) electrons. The summed E-state index contributed by atoms with van der Waals surface area (Å²) in [5.41, 5.74) is -1.29. The molecule has 0 heterocycles. The molecule has 1 aromatic carbocycles. The predicted molar refractivity (Wildman–Crippen MR) is 68.4 cm³/mol. The van der Waals surface area contributed by atoms with Crippen molar-refractivity contribution in [2.75, 3.05) is 12.0 Å². The van der Waals surface area contributed by atoms with Gasteiger partial charge in [-0.25, -0.2) is 8.42 Å². The van der Waals surface area contributed by atoms with E-state index in [9.17, 15) is 26.7 Å². The Bertz CT molecular complexity index is 555. The maximum absolute atomic E-state index is 12.8. The first-order valence-electron chi connectivity index (χ1n) is 5.23. The Morgan fingerprint density at radius 3 is 2.42 bits per heavy atom. The first kappa shape index (κ1) is 16.5. The lowest BCUT2D eigenvalue weighted by Crippen LogP contribution is -2.14. The molecular weight excluding hydrogens is 349 g/mol. The van der Waals surface area contributed by atoms with Gasteiger partial charge in [-0.15, -0.1) is 0 Å². The summed E-state index contributed by atoms with van der Waals surface area (Å²) >= 11 is 2.93. The summed E-state index contributed by atoms with van der Waals surface area (Å²) in [5, 5.41) is 9.74. The highest BCUT2D eigenvalue weighted by Gasteiger charge is 2.35. The Morgan fingerprint density at radius 1 is 1.37 bits per heavy atom. The average molecular weight is 361 g/mol. The van der Waals surface area contributed by atoms with E-state index in [1.807, 2.05) is 0 Å². The fraction of sp³-hybridized carbons (Fsp3) is 0.455. The highest BCUT2D eigenvalue weighted by atomic mass is 79.9. The topological polar surface area (TPSA) is 54.4 Å². The van der Waals surface area contributed by atoms with Gasteiger partial charge in [-0.2, -0.15) is 13.2 Å². The normalized spacial score (nSPS) is 14.4. The van der Waals surface area contributed by atoms with E-state index in [1.54, 1.807) is 0 Å². The van der Waals surface area contributed by atoms with E-state index in [4.69, 9.17) is 0 Å². The Morgan fingerprint density at radius 2 is 1.95 bits per heavy atom. The van der Waals surface area contributed by atoms with Gasteiger partial charge in [0.05, 0.1) is 17.4 Å². The molecule has 0 aliphatic rings. The standard InChI is InChI=1S/C11H12BrF3O3S/c1-19(17,18)5-4-10(16)8-3-2-7(12)6-9(8)11(13,14)15/h2-3,6,10,16H,4-5H2,1H3. The molecule has 19 heavy (non-hydrogen) atoms. The van der Waals surface area contributed by atoms with Gasteiger partial charge in [0.2, 0.25) is 0 Å². The molecule has 1 aromatic rings. The predicted octanol–water partition coefficient (Wildman–Crippen LogP) is 2.94. The van der Waals surface area contributed by atoms with Crippen molar-refractivity contribution in [1.29, 1.82) is 0 Å². The Hall–Kier alpha value is -0.600. The molecule has 0 amide bonds. The molecular formula is C11H12BrF3O3S. The number of sulfone groups is 1. The molecule has 0 spiro atoms. The minimum Gasteiger partial charge on any atom is -0.388 e. The first-order valence-corrected chi connectivity index (χ1v) is 8.08. The van der Waals surface area contributed by atoms with Gasteiger partial charge in [0.1, 0.15) is 9.84 Å². The van der Waals surface area contributed by atoms with Crippen molar-refractivity contribution in [2.45, 2.75) is 18.7 Å². The summed E-state index contributed by atoms with van der Waals surface area (Å²) < 4.78 is 60.6. The number of hydrogen-bond donors (Lipinski definition) is 1. The number of benzene rings is 1.